The maximum absolute atomic E-state index is 14.3. The SMILES string of the molecule is CO[C@H]1/C=C\C=C(/C)C(=O)NC2=CC(=O)C(NCCCNCCCNC3=C4C[C@@H](C)C[C@H](OC)[C@H](O)[C@@H](C)/C=C(\C)[C@H](OC(N)=O)[C@@H](OC)/C=C\C=C(/C)C(=O)NC(=CC3=O)C4=O)=C(C[C@@H](C)C[C@H](OC)[C@H](O)[C@@H](C)/C=C(\C)[C@@H]1OC(C)=O)C2=O. The number of aliphatic hydroxyl groups is 2. The number of nitrogens with one attached hydrogen (secondary N) is 5. The summed E-state index contributed by atoms with van der Waals surface area (Å²) >= 11 is 0. The number of ketones is 4. The quantitative estimate of drug-likeness (QED) is 0.0455. The zero-order chi connectivity index (χ0) is 63.2. The van der Waals surface area contributed by atoms with Gasteiger partial charge in [-0.3, -0.25) is 33.6 Å². The van der Waals surface area contributed by atoms with Gasteiger partial charge in [-0.2, -0.15) is 0 Å². The predicted molar refractivity (Wildman–Crippen MR) is 318 cm³/mol. The molecule has 0 fully saturated rings. The number of Topliss-reactive ketones (excluding diaryl/α,β-unsaturated/α-hetero) is 2. The average molecular weight is 1190 g/mol. The van der Waals surface area contributed by atoms with E-state index in [1.807, 2.05) is 20.8 Å². The van der Waals surface area contributed by atoms with Crippen molar-refractivity contribution < 1.29 is 77.0 Å². The molecule has 4 rings (SSSR count). The molecule has 4 aliphatic rings. The van der Waals surface area contributed by atoms with Crippen LogP contribution in [-0.4, -0.2) is 161 Å². The second-order valence-corrected chi connectivity index (χ2v) is 22.3. The fraction of sp³-hybridized carbons (Fsp3) is 0.556. The second-order valence-electron chi connectivity index (χ2n) is 22.3. The van der Waals surface area contributed by atoms with Crippen LogP contribution in [0.2, 0.25) is 0 Å². The molecule has 2 heterocycles. The van der Waals surface area contributed by atoms with Crippen LogP contribution in [0.1, 0.15) is 101 Å². The minimum atomic E-state index is -1.05. The number of carbonyl (C=O) groups is 8. The molecular formula is C63H90N6O16. The Morgan fingerprint density at radius 2 is 0.988 bits per heavy atom. The summed E-state index contributed by atoms with van der Waals surface area (Å²) in [6.45, 7) is 16.8. The van der Waals surface area contributed by atoms with Gasteiger partial charge >= 0.3 is 12.1 Å². The van der Waals surface area contributed by atoms with Gasteiger partial charge in [0.2, 0.25) is 23.1 Å². The van der Waals surface area contributed by atoms with Gasteiger partial charge in [0, 0.05) is 94.7 Å². The molecule has 0 aromatic rings. The van der Waals surface area contributed by atoms with E-state index in [0.29, 0.717) is 50.0 Å². The number of ether oxygens (including phenoxy) is 6. The molecule has 0 aromatic heterocycles. The van der Waals surface area contributed by atoms with E-state index in [0.717, 1.165) is 12.2 Å². The average Bonchev–Trinajstić information content (AvgIpc) is 3.61. The van der Waals surface area contributed by atoms with Crippen LogP contribution in [0.5, 0.6) is 0 Å². The number of methoxy groups -OCH3 is 4. The first-order valence-corrected chi connectivity index (χ1v) is 28.8. The van der Waals surface area contributed by atoms with E-state index in [1.54, 1.807) is 58.1 Å². The smallest absolute Gasteiger partial charge is 0.405 e. The van der Waals surface area contributed by atoms with Crippen molar-refractivity contribution in [1.82, 2.24) is 26.6 Å². The monoisotopic (exact) mass is 1190 g/mol. The number of hydrogen-bond donors (Lipinski definition) is 8. The number of rotatable bonds is 16. The molecule has 4 bridgehead atoms. The molecular weight excluding hydrogens is 1100 g/mol. The third-order valence-corrected chi connectivity index (χ3v) is 15.3. The van der Waals surface area contributed by atoms with E-state index in [2.05, 4.69) is 26.6 Å². The molecule has 0 spiro atoms. The Hall–Kier alpha value is -6.92. The molecule has 2 aliphatic carbocycles. The number of aliphatic hydroxyl groups excluding tert-OH is 2. The Morgan fingerprint density at radius 1 is 0.600 bits per heavy atom. The normalized spacial score (nSPS) is 31.7. The summed E-state index contributed by atoms with van der Waals surface area (Å²) in [6.07, 6.45) is 8.86. The molecule has 22 nitrogen and oxygen atoms in total. The highest BCUT2D eigenvalue weighted by Crippen LogP contribution is 2.31. The summed E-state index contributed by atoms with van der Waals surface area (Å²) in [7, 11) is 5.82. The molecule has 0 aromatic carbocycles. The van der Waals surface area contributed by atoms with Crippen molar-refractivity contribution in [2.24, 2.45) is 29.4 Å². The fourth-order valence-electron chi connectivity index (χ4n) is 10.6. The Bertz CT molecular complexity index is 2600. The van der Waals surface area contributed by atoms with Crippen LogP contribution in [0.3, 0.4) is 0 Å². The van der Waals surface area contributed by atoms with Gasteiger partial charge in [-0.15, -0.1) is 0 Å². The van der Waals surface area contributed by atoms with Crippen LogP contribution in [0, 0.1) is 23.7 Å². The van der Waals surface area contributed by atoms with Crippen molar-refractivity contribution in [1.29, 1.82) is 0 Å². The predicted octanol–water partition coefficient (Wildman–Crippen LogP) is 4.55. The Morgan fingerprint density at radius 3 is 1.34 bits per heavy atom. The van der Waals surface area contributed by atoms with Crippen molar-refractivity contribution in [3.63, 3.8) is 0 Å². The van der Waals surface area contributed by atoms with Crippen LogP contribution in [-0.2, 0) is 62.0 Å². The lowest BCUT2D eigenvalue weighted by Gasteiger charge is -2.30. The number of fused-ring (bicyclic) bond motifs is 4. The van der Waals surface area contributed by atoms with Crippen molar-refractivity contribution in [2.75, 3.05) is 54.6 Å². The largest absolute Gasteiger partial charge is 0.455 e. The maximum atomic E-state index is 14.3. The molecule has 12 atom stereocenters. The molecule has 468 valence electrons. The van der Waals surface area contributed by atoms with Gasteiger partial charge < -0.3 is 71.0 Å². The number of primary amides is 1. The van der Waals surface area contributed by atoms with Crippen LogP contribution in [0.25, 0.3) is 0 Å². The van der Waals surface area contributed by atoms with E-state index < -0.39 is 108 Å². The first-order valence-electron chi connectivity index (χ1n) is 28.8. The van der Waals surface area contributed by atoms with E-state index >= 15 is 0 Å². The van der Waals surface area contributed by atoms with Gasteiger partial charge in [0.25, 0.3) is 11.8 Å². The number of carbonyl (C=O) groups excluding carboxylic acids is 8. The van der Waals surface area contributed by atoms with Gasteiger partial charge in [-0.25, -0.2) is 4.79 Å². The Labute approximate surface area is 499 Å². The first-order chi connectivity index (χ1) is 40.3. The highest BCUT2D eigenvalue weighted by molar-refractivity contribution is 6.24. The van der Waals surface area contributed by atoms with Gasteiger partial charge in [0.15, 0.2) is 12.2 Å². The standard InChI is InChI=1S/C63H90N6O16/c1-34-26-43-53(47(71)32-45(57(43)75)68-61(77)36(3)18-14-20-49(80-10)59(84-42(9)70)40(7)30-38(5)55(73)51(28-34)82-12)66-24-16-22-65-23-17-25-67-54-44-27-35(2)29-52(83-13)56(74)39(6)31-41(8)60(85-63(64)79)50(81-11)21-15-19-37(4)62(78)69-46(58(44)76)33-48(54)72/h14-15,18-21,30-35,38-39,49-52,55-56,59-60,65-67,73-74H,16-17,22-29H2,1-13H3,(H2,64,79)(H,68,77)(H,69,78)/b20-14-,21-15-,36-18+,37-19+,40-30+,41-31+/t34-,35-,38+,39+,49+,50+,51+,52+,55-,56-,59+,60+/m1/s1. The first kappa shape index (κ1) is 70.6. The van der Waals surface area contributed by atoms with Crippen LogP contribution in [0.4, 0.5) is 4.79 Å². The number of nitrogens with two attached hydrogens (primary N) is 1. The minimum Gasteiger partial charge on any atom is -0.455 e. The van der Waals surface area contributed by atoms with Gasteiger partial charge in [-0.1, -0.05) is 76.3 Å². The van der Waals surface area contributed by atoms with Crippen LogP contribution >= 0.6 is 0 Å². The van der Waals surface area contributed by atoms with E-state index in [4.69, 9.17) is 34.2 Å². The van der Waals surface area contributed by atoms with Crippen LogP contribution < -0.4 is 32.3 Å². The highest BCUT2D eigenvalue weighted by atomic mass is 16.6. The van der Waals surface area contributed by atoms with Crippen molar-refractivity contribution in [3.8, 4) is 0 Å². The number of esters is 1. The molecule has 3 amide bonds. The third kappa shape index (κ3) is 20.6. The number of hydrogen-bond acceptors (Lipinski definition) is 19. The molecule has 2 aliphatic heterocycles. The van der Waals surface area contributed by atoms with Crippen molar-refractivity contribution >= 4 is 47.0 Å². The molecule has 0 radical (unpaired) electrons. The Kier molecular flexibility index (Phi) is 28.5. The lowest BCUT2D eigenvalue weighted by molar-refractivity contribution is -0.149. The third-order valence-electron chi connectivity index (χ3n) is 15.3. The second kappa shape index (κ2) is 34.3. The van der Waals surface area contributed by atoms with Gasteiger partial charge in [-0.05, 0) is 102 Å². The Balaban J connectivity index is 1.48. The zero-order valence-corrected chi connectivity index (χ0v) is 51.5. The van der Waals surface area contributed by atoms with Gasteiger partial charge in [0.1, 0.15) is 12.2 Å². The molecule has 22 heteroatoms. The highest BCUT2D eigenvalue weighted by Gasteiger charge is 2.36. The summed E-state index contributed by atoms with van der Waals surface area (Å²) < 4.78 is 34.0. The molecule has 0 saturated heterocycles. The zero-order valence-electron chi connectivity index (χ0n) is 51.5. The van der Waals surface area contributed by atoms with Gasteiger partial charge in [0.05, 0.1) is 47.2 Å². The summed E-state index contributed by atoms with van der Waals surface area (Å²) in [4.78, 5) is 107. The fourth-order valence-corrected chi connectivity index (χ4v) is 10.6. The van der Waals surface area contributed by atoms with Crippen molar-refractivity contribution in [3.05, 3.63) is 117 Å². The summed E-state index contributed by atoms with van der Waals surface area (Å²) in [5.74, 6) is -5.49. The number of allylic oxidation sites excluding steroid dienone is 8. The van der Waals surface area contributed by atoms with E-state index in [9.17, 15) is 48.6 Å². The number of amides is 3. The van der Waals surface area contributed by atoms with Crippen molar-refractivity contribution in [2.45, 2.75) is 150 Å². The molecule has 0 unspecified atom stereocenters. The topological polar surface area (TPSA) is 319 Å². The molecule has 85 heavy (non-hydrogen) atoms. The summed E-state index contributed by atoms with van der Waals surface area (Å²) in [5, 5.41) is 38.1. The summed E-state index contributed by atoms with van der Waals surface area (Å²) in [5.41, 5.74) is 7.17. The molecule has 9 N–H and O–H groups in total. The minimum absolute atomic E-state index is 0.0970. The molecule has 0 saturated carbocycles. The maximum Gasteiger partial charge on any atom is 0.405 e. The lowest BCUT2D eigenvalue weighted by atomic mass is 9.85. The summed E-state index contributed by atoms with van der Waals surface area (Å²) in [6, 6.07) is 0. The van der Waals surface area contributed by atoms with E-state index in [-0.39, 0.29) is 82.7 Å². The van der Waals surface area contributed by atoms with Crippen LogP contribution in [0.15, 0.2) is 117 Å². The lowest BCUT2D eigenvalue weighted by Crippen LogP contribution is -2.38. The van der Waals surface area contributed by atoms with E-state index in [1.165, 1.54) is 60.5 Å².